The fraction of sp³-hybridized carbons (Fsp3) is 0.833. The first-order valence-corrected chi connectivity index (χ1v) is 6.30. The lowest BCUT2D eigenvalue weighted by molar-refractivity contribution is -0.137. The number of nitrogens with zero attached hydrogens (tertiary/aromatic N) is 1. The van der Waals surface area contributed by atoms with Crippen molar-refractivity contribution in [2.24, 2.45) is 0 Å². The van der Waals surface area contributed by atoms with Gasteiger partial charge in [0, 0.05) is 33.4 Å². The van der Waals surface area contributed by atoms with Crippen LogP contribution in [0.15, 0.2) is 0 Å². The number of carbonyl (C=O) groups excluding carboxylic acids is 1. The van der Waals surface area contributed by atoms with Gasteiger partial charge in [-0.2, -0.15) is 0 Å². The topological polar surface area (TPSA) is 88.1 Å². The number of hydrogen-bond acceptors (Lipinski definition) is 4. The van der Waals surface area contributed by atoms with Crippen LogP contribution in [0.1, 0.15) is 19.8 Å². The number of carboxylic acids is 1. The standard InChI is InChI=1S/C12H24N2O5/c1-4-10(9-11(15)16)13-12(17)14(5-7-18-2)6-8-19-3/h10H,4-9H2,1-3H3,(H,13,17)(H,15,16). The Kier molecular flexibility index (Phi) is 9.82. The van der Waals surface area contributed by atoms with Crippen LogP contribution in [-0.4, -0.2) is 68.6 Å². The maximum Gasteiger partial charge on any atom is 0.317 e. The Labute approximate surface area is 113 Å². The van der Waals surface area contributed by atoms with Crippen LogP contribution in [0.4, 0.5) is 4.79 Å². The van der Waals surface area contributed by atoms with Gasteiger partial charge in [-0.1, -0.05) is 6.92 Å². The maximum atomic E-state index is 12.0. The van der Waals surface area contributed by atoms with E-state index < -0.39 is 5.97 Å². The van der Waals surface area contributed by atoms with E-state index in [0.29, 0.717) is 32.7 Å². The molecule has 0 saturated carbocycles. The average molecular weight is 276 g/mol. The molecule has 0 aliphatic rings. The SMILES string of the molecule is CCC(CC(=O)O)NC(=O)N(CCOC)CCOC. The van der Waals surface area contributed by atoms with Crippen molar-refractivity contribution in [1.82, 2.24) is 10.2 Å². The first-order valence-electron chi connectivity index (χ1n) is 6.30. The summed E-state index contributed by atoms with van der Waals surface area (Å²) >= 11 is 0. The number of hydrogen-bond donors (Lipinski definition) is 2. The van der Waals surface area contributed by atoms with E-state index in [-0.39, 0.29) is 18.5 Å². The van der Waals surface area contributed by atoms with Crippen molar-refractivity contribution in [2.45, 2.75) is 25.8 Å². The molecule has 0 aromatic rings. The van der Waals surface area contributed by atoms with E-state index in [4.69, 9.17) is 14.6 Å². The predicted octanol–water partition coefficient (Wildman–Crippen LogP) is 0.544. The Balaban J connectivity index is 4.37. The molecule has 0 aromatic heterocycles. The van der Waals surface area contributed by atoms with E-state index in [1.807, 2.05) is 6.92 Å². The van der Waals surface area contributed by atoms with Crippen LogP contribution >= 0.6 is 0 Å². The van der Waals surface area contributed by atoms with Gasteiger partial charge >= 0.3 is 12.0 Å². The number of rotatable bonds is 10. The Bertz CT molecular complexity index is 265. The lowest BCUT2D eigenvalue weighted by Gasteiger charge is -2.25. The minimum Gasteiger partial charge on any atom is -0.481 e. The number of aliphatic carboxylic acids is 1. The summed E-state index contributed by atoms with van der Waals surface area (Å²) in [6, 6.07) is -0.653. The average Bonchev–Trinajstić information content (AvgIpc) is 2.37. The van der Waals surface area contributed by atoms with Crippen molar-refractivity contribution in [2.75, 3.05) is 40.5 Å². The van der Waals surface area contributed by atoms with Crippen molar-refractivity contribution in [3.05, 3.63) is 0 Å². The number of nitrogens with one attached hydrogen (secondary N) is 1. The molecular weight excluding hydrogens is 252 g/mol. The van der Waals surface area contributed by atoms with Crippen LogP contribution in [0.5, 0.6) is 0 Å². The quantitative estimate of drug-likeness (QED) is 0.608. The smallest absolute Gasteiger partial charge is 0.317 e. The van der Waals surface area contributed by atoms with Crippen molar-refractivity contribution in [3.63, 3.8) is 0 Å². The van der Waals surface area contributed by atoms with Gasteiger partial charge < -0.3 is 24.8 Å². The number of carboxylic acid groups (broad SMARTS) is 1. The first-order chi connectivity index (χ1) is 9.04. The van der Waals surface area contributed by atoms with Crippen molar-refractivity contribution in [1.29, 1.82) is 0 Å². The summed E-state index contributed by atoms with van der Waals surface area (Å²) in [5.74, 6) is -0.924. The number of carbonyl (C=O) groups is 2. The van der Waals surface area contributed by atoms with Gasteiger partial charge in [-0.15, -0.1) is 0 Å². The van der Waals surface area contributed by atoms with E-state index in [1.165, 1.54) is 0 Å². The molecule has 0 spiro atoms. The molecule has 0 heterocycles. The molecule has 2 amide bonds. The van der Waals surface area contributed by atoms with Crippen LogP contribution in [0.3, 0.4) is 0 Å². The van der Waals surface area contributed by atoms with Crippen molar-refractivity contribution < 1.29 is 24.2 Å². The number of methoxy groups -OCH3 is 2. The molecular formula is C12H24N2O5. The second kappa shape index (κ2) is 10.6. The number of ether oxygens (including phenoxy) is 2. The number of urea groups is 1. The normalized spacial score (nSPS) is 11.9. The van der Waals surface area contributed by atoms with Gasteiger partial charge in [0.1, 0.15) is 0 Å². The molecule has 0 rings (SSSR count). The Morgan fingerprint density at radius 1 is 1.21 bits per heavy atom. The minimum atomic E-state index is -0.924. The highest BCUT2D eigenvalue weighted by Crippen LogP contribution is 2.00. The van der Waals surface area contributed by atoms with E-state index in [2.05, 4.69) is 5.32 Å². The van der Waals surface area contributed by atoms with E-state index in [1.54, 1.807) is 19.1 Å². The zero-order chi connectivity index (χ0) is 14.7. The molecule has 0 fully saturated rings. The van der Waals surface area contributed by atoms with Gasteiger partial charge in [0.2, 0.25) is 0 Å². The zero-order valence-electron chi connectivity index (χ0n) is 11.8. The van der Waals surface area contributed by atoms with Crippen LogP contribution in [0.2, 0.25) is 0 Å². The summed E-state index contributed by atoms with van der Waals surface area (Å²) in [6.07, 6.45) is 0.491. The highest BCUT2D eigenvalue weighted by atomic mass is 16.5. The fourth-order valence-corrected chi connectivity index (χ4v) is 1.49. The van der Waals surface area contributed by atoms with Crippen LogP contribution in [0, 0.1) is 0 Å². The van der Waals surface area contributed by atoms with Gasteiger partial charge in [0.25, 0.3) is 0 Å². The highest BCUT2D eigenvalue weighted by Gasteiger charge is 2.18. The second-order valence-electron chi connectivity index (χ2n) is 4.13. The molecule has 7 nitrogen and oxygen atoms in total. The number of amides is 2. The summed E-state index contributed by atoms with van der Waals surface area (Å²) < 4.78 is 9.88. The Morgan fingerprint density at radius 2 is 1.74 bits per heavy atom. The molecule has 0 aliphatic heterocycles. The summed E-state index contributed by atoms with van der Waals surface area (Å²) in [6.45, 7) is 3.56. The van der Waals surface area contributed by atoms with Crippen molar-refractivity contribution >= 4 is 12.0 Å². The Hall–Kier alpha value is -1.34. The third kappa shape index (κ3) is 8.39. The third-order valence-corrected chi connectivity index (χ3v) is 2.66. The zero-order valence-corrected chi connectivity index (χ0v) is 11.8. The predicted molar refractivity (Wildman–Crippen MR) is 70.2 cm³/mol. The largest absolute Gasteiger partial charge is 0.481 e. The summed E-state index contributed by atoms with van der Waals surface area (Å²) in [7, 11) is 3.12. The fourth-order valence-electron chi connectivity index (χ4n) is 1.49. The molecule has 0 saturated heterocycles. The second-order valence-corrected chi connectivity index (χ2v) is 4.13. The molecule has 0 aliphatic carbocycles. The molecule has 0 aromatic carbocycles. The van der Waals surface area contributed by atoms with E-state index in [9.17, 15) is 9.59 Å². The van der Waals surface area contributed by atoms with E-state index >= 15 is 0 Å². The van der Waals surface area contributed by atoms with Gasteiger partial charge in [-0.3, -0.25) is 4.79 Å². The van der Waals surface area contributed by atoms with Crippen LogP contribution < -0.4 is 5.32 Å². The monoisotopic (exact) mass is 276 g/mol. The molecule has 19 heavy (non-hydrogen) atoms. The molecule has 7 heteroatoms. The van der Waals surface area contributed by atoms with Crippen LogP contribution in [-0.2, 0) is 14.3 Å². The van der Waals surface area contributed by atoms with Gasteiger partial charge in [-0.25, -0.2) is 4.79 Å². The first kappa shape index (κ1) is 17.7. The molecule has 1 unspecified atom stereocenters. The highest BCUT2D eigenvalue weighted by molar-refractivity contribution is 5.76. The summed E-state index contributed by atoms with van der Waals surface area (Å²) in [5.41, 5.74) is 0. The molecule has 1 atom stereocenters. The van der Waals surface area contributed by atoms with Crippen LogP contribution in [0.25, 0.3) is 0 Å². The Morgan fingerprint density at radius 3 is 2.11 bits per heavy atom. The summed E-state index contributed by atoms with van der Waals surface area (Å²) in [5, 5.41) is 11.5. The molecule has 112 valence electrons. The molecule has 0 bridgehead atoms. The lowest BCUT2D eigenvalue weighted by Crippen LogP contribution is -2.47. The van der Waals surface area contributed by atoms with Gasteiger partial charge in [0.15, 0.2) is 0 Å². The van der Waals surface area contributed by atoms with Crippen molar-refractivity contribution in [3.8, 4) is 0 Å². The van der Waals surface area contributed by atoms with Gasteiger partial charge in [0.05, 0.1) is 19.6 Å². The summed E-state index contributed by atoms with van der Waals surface area (Å²) in [4.78, 5) is 24.2. The molecule has 0 radical (unpaired) electrons. The van der Waals surface area contributed by atoms with E-state index in [0.717, 1.165) is 0 Å². The minimum absolute atomic E-state index is 0.0787. The third-order valence-electron chi connectivity index (χ3n) is 2.66. The van der Waals surface area contributed by atoms with Gasteiger partial charge in [-0.05, 0) is 6.42 Å². The maximum absolute atomic E-state index is 12.0. The molecule has 2 N–H and O–H groups in total. The lowest BCUT2D eigenvalue weighted by atomic mass is 10.1.